The SMILES string of the molecule is CCN1CCCC1CN(C)c1cccc(Cl)n1. The highest BCUT2D eigenvalue weighted by atomic mass is 35.5. The third kappa shape index (κ3) is 3.11. The Morgan fingerprint density at radius 1 is 1.53 bits per heavy atom. The van der Waals surface area contributed by atoms with Crippen LogP contribution in [0, 0.1) is 0 Å². The lowest BCUT2D eigenvalue weighted by atomic mass is 10.2. The summed E-state index contributed by atoms with van der Waals surface area (Å²) in [7, 11) is 2.09. The minimum atomic E-state index is 0.563. The molecule has 0 aliphatic carbocycles. The highest BCUT2D eigenvalue weighted by molar-refractivity contribution is 6.29. The van der Waals surface area contributed by atoms with E-state index in [1.54, 1.807) is 0 Å². The maximum absolute atomic E-state index is 5.91. The lowest BCUT2D eigenvalue weighted by Crippen LogP contribution is -2.39. The van der Waals surface area contributed by atoms with Crippen LogP contribution in [0.15, 0.2) is 18.2 Å². The minimum Gasteiger partial charge on any atom is -0.358 e. The molecule has 3 nitrogen and oxygen atoms in total. The average Bonchev–Trinajstić information content (AvgIpc) is 2.76. The molecule has 0 saturated carbocycles. The second kappa shape index (κ2) is 5.69. The summed E-state index contributed by atoms with van der Waals surface area (Å²) >= 11 is 5.91. The Hall–Kier alpha value is -0.800. The van der Waals surface area contributed by atoms with E-state index in [-0.39, 0.29) is 0 Å². The Morgan fingerprint density at radius 2 is 2.35 bits per heavy atom. The van der Waals surface area contributed by atoms with E-state index in [1.165, 1.54) is 19.4 Å². The number of likely N-dealkylation sites (tertiary alicyclic amines) is 1. The zero-order valence-corrected chi connectivity index (χ0v) is 11.3. The quantitative estimate of drug-likeness (QED) is 0.769. The van der Waals surface area contributed by atoms with Crippen LogP contribution in [0.25, 0.3) is 0 Å². The summed E-state index contributed by atoms with van der Waals surface area (Å²) in [5.41, 5.74) is 0. The van der Waals surface area contributed by atoms with Crippen LogP contribution in [0.1, 0.15) is 19.8 Å². The summed E-state index contributed by atoms with van der Waals surface area (Å²) in [6.07, 6.45) is 2.61. The summed E-state index contributed by atoms with van der Waals surface area (Å²) in [6.45, 7) is 5.64. The molecule has 1 atom stereocenters. The number of likely N-dealkylation sites (N-methyl/N-ethyl adjacent to an activating group) is 2. The number of halogens is 1. The van der Waals surface area contributed by atoms with Crippen molar-refractivity contribution in [1.29, 1.82) is 0 Å². The van der Waals surface area contributed by atoms with E-state index in [4.69, 9.17) is 11.6 Å². The number of anilines is 1. The number of hydrogen-bond acceptors (Lipinski definition) is 3. The van der Waals surface area contributed by atoms with Gasteiger partial charge in [0.2, 0.25) is 0 Å². The molecule has 2 rings (SSSR count). The summed E-state index contributed by atoms with van der Waals surface area (Å²) in [6, 6.07) is 6.43. The Morgan fingerprint density at radius 3 is 3.06 bits per heavy atom. The van der Waals surface area contributed by atoms with Gasteiger partial charge in [-0.15, -0.1) is 0 Å². The first-order valence-corrected chi connectivity index (χ1v) is 6.66. The molecule has 1 aliphatic heterocycles. The van der Waals surface area contributed by atoms with Crippen LogP contribution in [-0.2, 0) is 0 Å². The molecule has 1 aliphatic rings. The minimum absolute atomic E-state index is 0.563. The zero-order valence-electron chi connectivity index (χ0n) is 10.6. The summed E-state index contributed by atoms with van der Waals surface area (Å²) < 4.78 is 0. The Kier molecular flexibility index (Phi) is 4.24. The Balaban J connectivity index is 1.99. The predicted molar refractivity (Wildman–Crippen MR) is 72.8 cm³/mol. The first-order chi connectivity index (χ1) is 8.20. The topological polar surface area (TPSA) is 19.4 Å². The summed E-state index contributed by atoms with van der Waals surface area (Å²) in [5, 5.41) is 0.563. The highest BCUT2D eigenvalue weighted by Gasteiger charge is 2.24. The molecule has 1 fully saturated rings. The molecule has 0 bridgehead atoms. The van der Waals surface area contributed by atoms with Crippen molar-refractivity contribution in [1.82, 2.24) is 9.88 Å². The molecular formula is C13H20ClN3. The van der Waals surface area contributed by atoms with Gasteiger partial charge in [-0.05, 0) is 38.1 Å². The molecule has 94 valence electrons. The molecular weight excluding hydrogens is 234 g/mol. The van der Waals surface area contributed by atoms with Crippen molar-refractivity contribution in [3.05, 3.63) is 23.4 Å². The molecule has 0 spiro atoms. The fourth-order valence-corrected chi connectivity index (χ4v) is 2.70. The Bertz CT molecular complexity index is 369. The molecule has 1 aromatic heterocycles. The van der Waals surface area contributed by atoms with Crippen LogP contribution in [0.2, 0.25) is 5.15 Å². The molecule has 2 heterocycles. The first kappa shape index (κ1) is 12.7. The van der Waals surface area contributed by atoms with Gasteiger partial charge in [0, 0.05) is 19.6 Å². The molecule has 17 heavy (non-hydrogen) atoms. The van der Waals surface area contributed by atoms with E-state index in [0.29, 0.717) is 11.2 Å². The van der Waals surface area contributed by atoms with E-state index < -0.39 is 0 Å². The third-order valence-corrected chi connectivity index (χ3v) is 3.69. The molecule has 1 saturated heterocycles. The van der Waals surface area contributed by atoms with Crippen LogP contribution < -0.4 is 4.90 Å². The van der Waals surface area contributed by atoms with Gasteiger partial charge in [-0.2, -0.15) is 0 Å². The van der Waals surface area contributed by atoms with Crippen LogP contribution in [0.3, 0.4) is 0 Å². The van der Waals surface area contributed by atoms with Crippen molar-refractivity contribution in [2.45, 2.75) is 25.8 Å². The summed E-state index contributed by atoms with van der Waals surface area (Å²) in [5.74, 6) is 0.959. The number of rotatable bonds is 4. The standard InChI is InChI=1S/C13H20ClN3/c1-3-17-9-5-6-11(17)10-16(2)13-8-4-7-12(14)15-13/h4,7-8,11H,3,5-6,9-10H2,1-2H3. The first-order valence-electron chi connectivity index (χ1n) is 6.28. The zero-order chi connectivity index (χ0) is 12.3. The van der Waals surface area contributed by atoms with Gasteiger partial charge in [0.1, 0.15) is 11.0 Å². The summed E-state index contributed by atoms with van der Waals surface area (Å²) in [4.78, 5) is 9.08. The van der Waals surface area contributed by atoms with Crippen LogP contribution in [-0.4, -0.2) is 42.6 Å². The van der Waals surface area contributed by atoms with Crippen LogP contribution >= 0.6 is 11.6 Å². The molecule has 0 aromatic carbocycles. The average molecular weight is 254 g/mol. The maximum atomic E-state index is 5.91. The number of hydrogen-bond donors (Lipinski definition) is 0. The van der Waals surface area contributed by atoms with Gasteiger partial charge in [0.25, 0.3) is 0 Å². The Labute approximate surface area is 108 Å². The van der Waals surface area contributed by atoms with E-state index in [9.17, 15) is 0 Å². The van der Waals surface area contributed by atoms with Gasteiger partial charge < -0.3 is 4.90 Å². The number of pyridine rings is 1. The van der Waals surface area contributed by atoms with E-state index in [2.05, 4.69) is 28.8 Å². The maximum Gasteiger partial charge on any atom is 0.131 e. The van der Waals surface area contributed by atoms with Crippen molar-refractivity contribution < 1.29 is 0 Å². The molecule has 4 heteroatoms. The van der Waals surface area contributed by atoms with E-state index >= 15 is 0 Å². The van der Waals surface area contributed by atoms with Gasteiger partial charge in [0.15, 0.2) is 0 Å². The van der Waals surface area contributed by atoms with Crippen molar-refractivity contribution >= 4 is 17.4 Å². The van der Waals surface area contributed by atoms with E-state index in [1.807, 2.05) is 18.2 Å². The second-order valence-corrected chi connectivity index (χ2v) is 5.01. The van der Waals surface area contributed by atoms with Crippen molar-refractivity contribution in [2.24, 2.45) is 0 Å². The van der Waals surface area contributed by atoms with Gasteiger partial charge in [0.05, 0.1) is 0 Å². The lowest BCUT2D eigenvalue weighted by Gasteiger charge is -2.28. The monoisotopic (exact) mass is 253 g/mol. The fraction of sp³-hybridized carbons (Fsp3) is 0.615. The molecule has 0 radical (unpaired) electrons. The van der Waals surface area contributed by atoms with Crippen molar-refractivity contribution in [3.8, 4) is 0 Å². The second-order valence-electron chi connectivity index (χ2n) is 4.62. The molecule has 1 aromatic rings. The molecule has 0 amide bonds. The number of aromatic nitrogens is 1. The largest absolute Gasteiger partial charge is 0.358 e. The smallest absolute Gasteiger partial charge is 0.131 e. The normalized spacial score (nSPS) is 20.8. The van der Waals surface area contributed by atoms with Gasteiger partial charge in [-0.25, -0.2) is 4.98 Å². The number of nitrogens with zero attached hydrogens (tertiary/aromatic N) is 3. The lowest BCUT2D eigenvalue weighted by molar-refractivity contribution is 0.270. The predicted octanol–water partition coefficient (Wildman–Crippen LogP) is 2.66. The molecule has 0 N–H and O–H groups in total. The van der Waals surface area contributed by atoms with E-state index in [0.717, 1.165) is 18.9 Å². The van der Waals surface area contributed by atoms with Crippen LogP contribution in [0.5, 0.6) is 0 Å². The molecule has 1 unspecified atom stereocenters. The van der Waals surface area contributed by atoms with Crippen LogP contribution in [0.4, 0.5) is 5.82 Å². The fourth-order valence-electron chi connectivity index (χ4n) is 2.54. The van der Waals surface area contributed by atoms with Crippen molar-refractivity contribution in [3.63, 3.8) is 0 Å². The van der Waals surface area contributed by atoms with Gasteiger partial charge >= 0.3 is 0 Å². The highest BCUT2D eigenvalue weighted by Crippen LogP contribution is 2.20. The third-order valence-electron chi connectivity index (χ3n) is 3.48. The van der Waals surface area contributed by atoms with Gasteiger partial charge in [-0.3, -0.25) is 4.90 Å². The van der Waals surface area contributed by atoms with Crippen molar-refractivity contribution in [2.75, 3.05) is 31.6 Å². The van der Waals surface area contributed by atoms with Gasteiger partial charge in [-0.1, -0.05) is 24.6 Å².